The van der Waals surface area contributed by atoms with Gasteiger partial charge < -0.3 is 16.0 Å². The first kappa shape index (κ1) is 21.0. The van der Waals surface area contributed by atoms with E-state index in [9.17, 15) is 13.6 Å². The summed E-state index contributed by atoms with van der Waals surface area (Å²) in [6.07, 6.45) is 2.20. The Morgan fingerprint density at radius 1 is 1.18 bits per heavy atom. The van der Waals surface area contributed by atoms with Gasteiger partial charge in [0.2, 0.25) is 5.91 Å². The average molecular weight is 449 g/mol. The van der Waals surface area contributed by atoms with Crippen molar-refractivity contribution in [2.45, 2.75) is 19.5 Å². The first-order valence-electron chi connectivity index (χ1n) is 10.4. The zero-order valence-corrected chi connectivity index (χ0v) is 17.8. The minimum absolute atomic E-state index is 0.0402. The summed E-state index contributed by atoms with van der Waals surface area (Å²) in [5.74, 6) is -0.814. The summed E-state index contributed by atoms with van der Waals surface area (Å²) in [7, 11) is 2.00. The number of fused-ring (bicyclic) bond motifs is 2. The number of benzene rings is 2. The molecule has 0 bridgehead atoms. The van der Waals surface area contributed by atoms with Gasteiger partial charge in [-0.15, -0.1) is 0 Å². The number of rotatable bonds is 5. The van der Waals surface area contributed by atoms with E-state index in [1.807, 2.05) is 13.1 Å². The number of aromatic nitrogens is 4. The average Bonchev–Trinajstić information content (AvgIpc) is 3.20. The molecule has 0 saturated carbocycles. The van der Waals surface area contributed by atoms with Crippen molar-refractivity contribution >= 4 is 22.6 Å². The predicted octanol–water partition coefficient (Wildman–Crippen LogP) is 2.79. The van der Waals surface area contributed by atoms with E-state index in [0.29, 0.717) is 29.8 Å². The van der Waals surface area contributed by atoms with Crippen molar-refractivity contribution in [3.05, 3.63) is 76.6 Å². The van der Waals surface area contributed by atoms with Gasteiger partial charge in [0.1, 0.15) is 17.5 Å². The largest absolute Gasteiger partial charge is 0.366 e. The number of likely N-dealkylation sites (N-methyl/N-ethyl adjacent to an activating group) is 1. The molecule has 33 heavy (non-hydrogen) atoms. The Hall–Kier alpha value is -3.92. The molecule has 2 aromatic carbocycles. The summed E-state index contributed by atoms with van der Waals surface area (Å²) in [5, 5.41) is 8.03. The van der Waals surface area contributed by atoms with Gasteiger partial charge in [-0.3, -0.25) is 4.79 Å². The van der Waals surface area contributed by atoms with Gasteiger partial charge in [0, 0.05) is 36.7 Å². The normalized spacial score (nSPS) is 13.8. The van der Waals surface area contributed by atoms with Gasteiger partial charge in [0.25, 0.3) is 5.95 Å². The van der Waals surface area contributed by atoms with Gasteiger partial charge >= 0.3 is 0 Å². The Labute approximate surface area is 188 Å². The first-order chi connectivity index (χ1) is 15.9. The third kappa shape index (κ3) is 4.00. The van der Waals surface area contributed by atoms with Crippen molar-refractivity contribution in [3.8, 4) is 5.95 Å². The molecule has 1 aliphatic heterocycles. The fourth-order valence-corrected chi connectivity index (χ4v) is 4.08. The van der Waals surface area contributed by atoms with Gasteiger partial charge in [-0.1, -0.05) is 12.1 Å². The highest BCUT2D eigenvalue weighted by Crippen LogP contribution is 2.27. The van der Waals surface area contributed by atoms with Crippen molar-refractivity contribution < 1.29 is 13.6 Å². The number of halogens is 2. The number of hydrogen-bond donors (Lipinski definition) is 2. The topological polar surface area (TPSA) is 102 Å². The van der Waals surface area contributed by atoms with Crippen LogP contribution >= 0.6 is 0 Å². The van der Waals surface area contributed by atoms with Crippen LogP contribution in [0.15, 0.2) is 42.6 Å². The highest BCUT2D eigenvalue weighted by molar-refractivity contribution is 6.05. The molecule has 10 heteroatoms. The molecule has 4 aromatic rings. The van der Waals surface area contributed by atoms with Crippen LogP contribution in [0.4, 0.5) is 14.6 Å². The molecular weight excluding hydrogens is 428 g/mol. The zero-order chi connectivity index (χ0) is 23.1. The minimum Gasteiger partial charge on any atom is -0.366 e. The van der Waals surface area contributed by atoms with Gasteiger partial charge in [0.15, 0.2) is 0 Å². The van der Waals surface area contributed by atoms with Gasteiger partial charge in [-0.2, -0.15) is 14.8 Å². The molecule has 0 saturated heterocycles. The highest BCUT2D eigenvalue weighted by atomic mass is 19.1. The van der Waals surface area contributed by atoms with Crippen molar-refractivity contribution in [3.63, 3.8) is 0 Å². The Morgan fingerprint density at radius 3 is 2.82 bits per heavy atom. The van der Waals surface area contributed by atoms with E-state index in [-0.39, 0.29) is 17.3 Å². The molecule has 8 nitrogen and oxygen atoms in total. The molecule has 0 atom stereocenters. The lowest BCUT2D eigenvalue weighted by atomic mass is 10.1. The molecular formula is C23H21F2N7O. The third-order valence-corrected chi connectivity index (χ3v) is 5.70. The lowest BCUT2D eigenvalue weighted by Gasteiger charge is -2.26. The standard InChI is InChI=1S/C23H21F2N7O/c1-31-6-5-16-19(12-31)29-23(30-22(16)27-10-13-3-2-4-14(24)7-13)32-20-9-15(25)8-17(21(26)33)18(20)11-28-32/h2-4,7-9,11H,5-6,10,12H2,1H3,(H2,26,33)(H,27,29,30). The van der Waals surface area contributed by atoms with E-state index in [2.05, 4.69) is 20.3 Å². The maximum atomic E-state index is 14.2. The fraction of sp³-hybridized carbons (Fsp3) is 0.217. The maximum Gasteiger partial charge on any atom is 0.253 e. The van der Waals surface area contributed by atoms with E-state index in [0.717, 1.165) is 35.9 Å². The molecule has 0 radical (unpaired) electrons. The Kier molecular flexibility index (Phi) is 5.21. The summed E-state index contributed by atoms with van der Waals surface area (Å²) in [5.41, 5.74) is 8.37. The van der Waals surface area contributed by atoms with Crippen molar-refractivity contribution in [1.29, 1.82) is 0 Å². The van der Waals surface area contributed by atoms with Crippen LogP contribution in [0.5, 0.6) is 0 Å². The van der Waals surface area contributed by atoms with Crippen molar-refractivity contribution in [2.24, 2.45) is 5.73 Å². The quantitative estimate of drug-likeness (QED) is 0.486. The first-order valence-corrected chi connectivity index (χ1v) is 10.4. The summed E-state index contributed by atoms with van der Waals surface area (Å²) >= 11 is 0. The number of nitrogens with one attached hydrogen (secondary N) is 1. The SMILES string of the molecule is CN1CCc2c(nc(-n3ncc4c(C(N)=O)cc(F)cc43)nc2NCc2cccc(F)c2)C1. The zero-order valence-electron chi connectivity index (χ0n) is 17.8. The molecule has 0 fully saturated rings. The Morgan fingerprint density at radius 2 is 2.03 bits per heavy atom. The fourth-order valence-electron chi connectivity index (χ4n) is 4.08. The maximum absolute atomic E-state index is 14.2. The Balaban J connectivity index is 1.60. The van der Waals surface area contributed by atoms with Crippen LogP contribution in [0.2, 0.25) is 0 Å². The second-order valence-corrected chi connectivity index (χ2v) is 8.08. The molecule has 5 rings (SSSR count). The number of amides is 1. The molecule has 168 valence electrons. The van der Waals surface area contributed by atoms with Crippen LogP contribution < -0.4 is 11.1 Å². The number of anilines is 1. The summed E-state index contributed by atoms with van der Waals surface area (Å²) in [6.45, 7) is 1.83. The van der Waals surface area contributed by atoms with E-state index in [1.165, 1.54) is 29.1 Å². The molecule has 1 aliphatic rings. The molecule has 0 spiro atoms. The van der Waals surface area contributed by atoms with Crippen LogP contribution in [-0.4, -0.2) is 44.1 Å². The van der Waals surface area contributed by atoms with Crippen LogP contribution in [0.25, 0.3) is 16.9 Å². The summed E-state index contributed by atoms with van der Waals surface area (Å²) in [6, 6.07) is 8.70. The molecule has 3 heterocycles. The minimum atomic E-state index is -0.746. The number of nitrogens with two attached hydrogens (primary N) is 1. The van der Waals surface area contributed by atoms with E-state index in [1.54, 1.807) is 6.07 Å². The van der Waals surface area contributed by atoms with E-state index >= 15 is 0 Å². The lowest BCUT2D eigenvalue weighted by Crippen LogP contribution is -2.29. The number of hydrogen-bond acceptors (Lipinski definition) is 6. The van der Waals surface area contributed by atoms with Gasteiger partial charge in [-0.05, 0) is 37.2 Å². The molecule has 0 aliphatic carbocycles. The monoisotopic (exact) mass is 449 g/mol. The number of carbonyl (C=O) groups is 1. The predicted molar refractivity (Wildman–Crippen MR) is 119 cm³/mol. The molecule has 1 amide bonds. The molecule has 2 aromatic heterocycles. The number of carbonyl (C=O) groups excluding carboxylic acids is 1. The van der Waals surface area contributed by atoms with E-state index < -0.39 is 11.7 Å². The molecule has 3 N–H and O–H groups in total. The van der Waals surface area contributed by atoms with E-state index in [4.69, 9.17) is 10.7 Å². The Bertz CT molecular complexity index is 1380. The second kappa shape index (κ2) is 8.21. The van der Waals surface area contributed by atoms with Crippen LogP contribution in [0.1, 0.15) is 27.2 Å². The number of nitrogens with zero attached hydrogens (tertiary/aromatic N) is 5. The summed E-state index contributed by atoms with van der Waals surface area (Å²) in [4.78, 5) is 23.3. The number of primary amides is 1. The second-order valence-electron chi connectivity index (χ2n) is 8.08. The third-order valence-electron chi connectivity index (χ3n) is 5.70. The van der Waals surface area contributed by atoms with Gasteiger partial charge in [0.05, 0.1) is 23.0 Å². The van der Waals surface area contributed by atoms with Crippen LogP contribution in [-0.2, 0) is 19.5 Å². The van der Waals surface area contributed by atoms with Crippen molar-refractivity contribution in [1.82, 2.24) is 24.6 Å². The summed E-state index contributed by atoms with van der Waals surface area (Å²) < 4.78 is 29.2. The molecule has 0 unspecified atom stereocenters. The van der Waals surface area contributed by atoms with Gasteiger partial charge in [-0.25, -0.2) is 13.8 Å². The smallest absolute Gasteiger partial charge is 0.253 e. The van der Waals surface area contributed by atoms with Crippen molar-refractivity contribution in [2.75, 3.05) is 18.9 Å². The van der Waals surface area contributed by atoms with Crippen LogP contribution in [0.3, 0.4) is 0 Å². The lowest BCUT2D eigenvalue weighted by molar-refractivity contribution is 0.100. The van der Waals surface area contributed by atoms with Crippen LogP contribution in [0, 0.1) is 11.6 Å². The highest BCUT2D eigenvalue weighted by Gasteiger charge is 2.23.